The second-order valence-corrected chi connectivity index (χ2v) is 7.20. The van der Waals surface area contributed by atoms with Gasteiger partial charge in [-0.2, -0.15) is 0 Å². The van der Waals surface area contributed by atoms with Crippen LogP contribution in [0.15, 0.2) is 69.6 Å². The monoisotopic (exact) mass is 410 g/mol. The first-order valence-corrected chi connectivity index (χ1v) is 9.14. The SMILES string of the molecule is CN(C)c1cccc(N=C2NC(Br)=CN3C2=NCC3c2cccnc2)c1. The van der Waals surface area contributed by atoms with E-state index in [0.29, 0.717) is 6.54 Å². The molecule has 6 nitrogen and oxygen atoms in total. The number of fused-ring (bicyclic) bond motifs is 1. The van der Waals surface area contributed by atoms with E-state index in [1.54, 1.807) is 6.20 Å². The van der Waals surface area contributed by atoms with Crippen LogP contribution in [0.3, 0.4) is 0 Å². The van der Waals surface area contributed by atoms with Gasteiger partial charge in [0.1, 0.15) is 4.61 Å². The number of halogens is 1. The summed E-state index contributed by atoms with van der Waals surface area (Å²) in [6.07, 6.45) is 5.69. The molecule has 1 atom stereocenters. The molecule has 1 aromatic carbocycles. The number of nitrogens with zero attached hydrogens (tertiary/aromatic N) is 5. The standard InChI is InChI=1S/C19H19BrN6/c1-25(2)15-7-3-6-14(9-15)23-18-19-22-11-16(13-5-4-8-21-10-13)26(19)12-17(20)24-18/h3-10,12,16H,11H2,1-2H3,(H,23,24). The van der Waals surface area contributed by atoms with E-state index in [1.165, 1.54) is 0 Å². The minimum atomic E-state index is 0.131. The number of aromatic nitrogens is 1. The van der Waals surface area contributed by atoms with Crippen LogP contribution in [0, 0.1) is 0 Å². The summed E-state index contributed by atoms with van der Waals surface area (Å²) in [4.78, 5) is 18.0. The molecule has 0 spiro atoms. The Labute approximate surface area is 161 Å². The average molecular weight is 411 g/mol. The molecule has 0 bridgehead atoms. The van der Waals surface area contributed by atoms with Gasteiger partial charge in [0, 0.05) is 38.4 Å². The highest BCUT2D eigenvalue weighted by molar-refractivity contribution is 9.11. The van der Waals surface area contributed by atoms with Crippen LogP contribution in [0.4, 0.5) is 11.4 Å². The van der Waals surface area contributed by atoms with E-state index in [9.17, 15) is 0 Å². The molecule has 0 radical (unpaired) electrons. The molecule has 132 valence electrons. The van der Waals surface area contributed by atoms with E-state index in [-0.39, 0.29) is 6.04 Å². The Hall–Kier alpha value is -2.67. The fourth-order valence-corrected chi connectivity index (χ4v) is 3.46. The second-order valence-electron chi connectivity index (χ2n) is 6.35. The molecule has 0 saturated heterocycles. The van der Waals surface area contributed by atoms with Crippen molar-refractivity contribution in [2.24, 2.45) is 9.98 Å². The Bertz CT molecular complexity index is 903. The Morgan fingerprint density at radius 2 is 2.15 bits per heavy atom. The van der Waals surface area contributed by atoms with Gasteiger partial charge < -0.3 is 15.1 Å². The van der Waals surface area contributed by atoms with Crippen LogP contribution in [0.25, 0.3) is 0 Å². The van der Waals surface area contributed by atoms with Gasteiger partial charge in [0.25, 0.3) is 0 Å². The number of rotatable bonds is 3. The lowest BCUT2D eigenvalue weighted by atomic mass is 10.1. The van der Waals surface area contributed by atoms with E-state index in [2.05, 4.69) is 54.2 Å². The summed E-state index contributed by atoms with van der Waals surface area (Å²) in [5.41, 5.74) is 3.13. The van der Waals surface area contributed by atoms with Crippen LogP contribution in [0.2, 0.25) is 0 Å². The lowest BCUT2D eigenvalue weighted by Gasteiger charge is -2.29. The number of pyridine rings is 1. The number of anilines is 1. The highest BCUT2D eigenvalue weighted by atomic mass is 79.9. The van der Waals surface area contributed by atoms with Crippen molar-refractivity contribution in [2.45, 2.75) is 6.04 Å². The lowest BCUT2D eigenvalue weighted by Crippen LogP contribution is -2.43. The molecule has 4 rings (SSSR count). The first kappa shape index (κ1) is 16.8. The summed E-state index contributed by atoms with van der Waals surface area (Å²) in [6.45, 7) is 0.677. The minimum Gasteiger partial charge on any atom is -0.378 e. The van der Waals surface area contributed by atoms with Crippen molar-refractivity contribution in [3.8, 4) is 0 Å². The maximum absolute atomic E-state index is 4.80. The Kier molecular flexibility index (Phi) is 4.46. The average Bonchev–Trinajstić information content (AvgIpc) is 3.06. The molecule has 2 aliphatic rings. The van der Waals surface area contributed by atoms with Gasteiger partial charge in [0.15, 0.2) is 11.7 Å². The molecule has 1 N–H and O–H groups in total. The third-order valence-electron chi connectivity index (χ3n) is 4.35. The fraction of sp³-hybridized carbons (Fsp3) is 0.211. The predicted octanol–water partition coefficient (Wildman–Crippen LogP) is 3.43. The van der Waals surface area contributed by atoms with Crippen LogP contribution < -0.4 is 10.2 Å². The molecule has 2 aromatic rings. The van der Waals surface area contributed by atoms with E-state index in [1.807, 2.05) is 44.7 Å². The lowest BCUT2D eigenvalue weighted by molar-refractivity contribution is 0.454. The second kappa shape index (κ2) is 6.92. The summed E-state index contributed by atoms with van der Waals surface area (Å²) < 4.78 is 0.856. The van der Waals surface area contributed by atoms with Crippen molar-refractivity contribution in [3.63, 3.8) is 0 Å². The van der Waals surface area contributed by atoms with Gasteiger partial charge in [0.05, 0.1) is 18.3 Å². The summed E-state index contributed by atoms with van der Waals surface area (Å²) in [5, 5.41) is 3.28. The van der Waals surface area contributed by atoms with Gasteiger partial charge >= 0.3 is 0 Å². The van der Waals surface area contributed by atoms with Gasteiger partial charge in [-0.3, -0.25) is 9.98 Å². The molecule has 0 fully saturated rings. The van der Waals surface area contributed by atoms with E-state index >= 15 is 0 Å². The van der Waals surface area contributed by atoms with Gasteiger partial charge in [-0.1, -0.05) is 12.1 Å². The van der Waals surface area contributed by atoms with Crippen molar-refractivity contribution >= 4 is 39.0 Å². The van der Waals surface area contributed by atoms with Crippen LogP contribution >= 0.6 is 15.9 Å². The molecule has 7 heteroatoms. The number of aliphatic imine (C=N–C) groups is 2. The van der Waals surface area contributed by atoms with Gasteiger partial charge in [-0.05, 0) is 45.8 Å². The summed E-state index contributed by atoms with van der Waals surface area (Å²) >= 11 is 3.56. The predicted molar refractivity (Wildman–Crippen MR) is 109 cm³/mol. The molecule has 26 heavy (non-hydrogen) atoms. The third kappa shape index (κ3) is 3.22. The maximum atomic E-state index is 4.80. The maximum Gasteiger partial charge on any atom is 0.174 e. The number of hydrogen-bond donors (Lipinski definition) is 1. The molecular formula is C19H19BrN6. The molecular weight excluding hydrogens is 392 g/mol. The zero-order valence-corrected chi connectivity index (χ0v) is 16.2. The zero-order chi connectivity index (χ0) is 18.1. The first-order valence-electron chi connectivity index (χ1n) is 8.35. The topological polar surface area (TPSA) is 56.1 Å². The zero-order valence-electron chi connectivity index (χ0n) is 14.6. The normalized spacial score (nSPS) is 20.3. The van der Waals surface area contributed by atoms with Crippen molar-refractivity contribution in [1.82, 2.24) is 15.2 Å². The Morgan fingerprint density at radius 1 is 1.27 bits per heavy atom. The molecule has 1 unspecified atom stereocenters. The van der Waals surface area contributed by atoms with Crippen LogP contribution in [-0.4, -0.2) is 42.2 Å². The first-order chi connectivity index (χ1) is 12.6. The van der Waals surface area contributed by atoms with Gasteiger partial charge in [0.2, 0.25) is 0 Å². The summed E-state index contributed by atoms with van der Waals surface area (Å²) in [6, 6.07) is 12.3. The number of nitrogens with one attached hydrogen (secondary N) is 1. The van der Waals surface area contributed by atoms with E-state index in [0.717, 1.165) is 33.2 Å². The highest BCUT2D eigenvalue weighted by Crippen LogP contribution is 2.31. The van der Waals surface area contributed by atoms with E-state index in [4.69, 9.17) is 9.98 Å². The molecule has 1 aromatic heterocycles. The quantitative estimate of drug-likeness (QED) is 0.787. The summed E-state index contributed by atoms with van der Waals surface area (Å²) in [5.74, 6) is 1.58. The van der Waals surface area contributed by atoms with Crippen molar-refractivity contribution in [3.05, 3.63) is 65.2 Å². The van der Waals surface area contributed by atoms with Crippen LogP contribution in [0.1, 0.15) is 11.6 Å². The third-order valence-corrected chi connectivity index (χ3v) is 4.76. The van der Waals surface area contributed by atoms with Crippen LogP contribution in [-0.2, 0) is 0 Å². The summed E-state index contributed by atoms with van der Waals surface area (Å²) in [7, 11) is 4.04. The fourth-order valence-electron chi connectivity index (χ4n) is 3.05. The molecule has 0 amide bonds. The number of amidine groups is 2. The Morgan fingerprint density at radius 3 is 2.92 bits per heavy atom. The van der Waals surface area contributed by atoms with Crippen molar-refractivity contribution in [2.75, 3.05) is 25.5 Å². The van der Waals surface area contributed by atoms with Crippen molar-refractivity contribution < 1.29 is 0 Å². The largest absolute Gasteiger partial charge is 0.378 e. The molecule has 0 aliphatic carbocycles. The molecule has 0 saturated carbocycles. The number of hydrogen-bond acceptors (Lipinski definition) is 5. The Balaban J connectivity index is 1.67. The number of benzene rings is 1. The minimum absolute atomic E-state index is 0.131. The highest BCUT2D eigenvalue weighted by Gasteiger charge is 2.34. The molecule has 2 aliphatic heterocycles. The van der Waals surface area contributed by atoms with Crippen molar-refractivity contribution in [1.29, 1.82) is 0 Å². The van der Waals surface area contributed by atoms with E-state index < -0.39 is 0 Å². The van der Waals surface area contributed by atoms with Gasteiger partial charge in [-0.25, -0.2) is 4.99 Å². The van der Waals surface area contributed by atoms with Gasteiger partial charge in [-0.15, -0.1) is 0 Å². The smallest absolute Gasteiger partial charge is 0.174 e. The van der Waals surface area contributed by atoms with Crippen LogP contribution in [0.5, 0.6) is 0 Å². The molecule has 3 heterocycles.